The SMILES string of the molecule is O=C(CN1CCS(=O)(=O)CC1)N1CCNCC1c1ccccc1Cl. The summed E-state index contributed by atoms with van der Waals surface area (Å²) in [6.45, 7) is 3.16. The number of hydrogen-bond donors (Lipinski definition) is 1. The fourth-order valence-electron chi connectivity index (χ4n) is 3.22. The number of rotatable bonds is 3. The van der Waals surface area contributed by atoms with Crippen LogP contribution in [0.5, 0.6) is 0 Å². The topological polar surface area (TPSA) is 69.7 Å². The Kier molecular flexibility index (Phi) is 5.44. The zero-order valence-electron chi connectivity index (χ0n) is 13.4. The number of benzene rings is 1. The quantitative estimate of drug-likeness (QED) is 0.840. The number of halogens is 1. The number of nitrogens with one attached hydrogen (secondary N) is 1. The summed E-state index contributed by atoms with van der Waals surface area (Å²) in [4.78, 5) is 16.6. The van der Waals surface area contributed by atoms with Crippen molar-refractivity contribution in [3.63, 3.8) is 0 Å². The van der Waals surface area contributed by atoms with Crippen molar-refractivity contribution in [3.05, 3.63) is 34.9 Å². The average Bonchev–Trinajstić information content (AvgIpc) is 2.57. The first-order valence-electron chi connectivity index (χ1n) is 8.14. The lowest BCUT2D eigenvalue weighted by molar-refractivity contribution is -0.135. The van der Waals surface area contributed by atoms with E-state index in [2.05, 4.69) is 5.32 Å². The molecule has 3 rings (SSSR count). The van der Waals surface area contributed by atoms with E-state index in [9.17, 15) is 13.2 Å². The molecule has 1 aromatic carbocycles. The number of nitrogens with zero attached hydrogens (tertiary/aromatic N) is 2. The van der Waals surface area contributed by atoms with Gasteiger partial charge in [-0.1, -0.05) is 29.8 Å². The lowest BCUT2D eigenvalue weighted by Crippen LogP contribution is -2.53. The van der Waals surface area contributed by atoms with Gasteiger partial charge in [-0.3, -0.25) is 9.69 Å². The molecule has 1 atom stereocenters. The van der Waals surface area contributed by atoms with Crippen molar-refractivity contribution >= 4 is 27.3 Å². The minimum atomic E-state index is -2.93. The molecule has 2 aliphatic heterocycles. The fraction of sp³-hybridized carbons (Fsp3) is 0.562. The van der Waals surface area contributed by atoms with Crippen LogP contribution in [0.15, 0.2) is 24.3 Å². The minimum Gasteiger partial charge on any atom is -0.332 e. The lowest BCUT2D eigenvalue weighted by atomic mass is 10.0. The third-order valence-electron chi connectivity index (χ3n) is 4.62. The molecule has 0 spiro atoms. The van der Waals surface area contributed by atoms with E-state index in [0.717, 1.165) is 12.1 Å². The first-order valence-corrected chi connectivity index (χ1v) is 10.3. The Hall–Kier alpha value is -1.15. The molecule has 0 radical (unpaired) electrons. The lowest BCUT2D eigenvalue weighted by Gasteiger charge is -2.38. The van der Waals surface area contributed by atoms with E-state index < -0.39 is 9.84 Å². The fourth-order valence-corrected chi connectivity index (χ4v) is 4.76. The second-order valence-corrected chi connectivity index (χ2v) is 8.97. The predicted octanol–water partition coefficient (Wildman–Crippen LogP) is 0.543. The Morgan fingerprint density at radius 1 is 1.21 bits per heavy atom. The van der Waals surface area contributed by atoms with E-state index in [4.69, 9.17) is 11.6 Å². The number of piperazine rings is 1. The van der Waals surface area contributed by atoms with E-state index in [1.807, 2.05) is 34.1 Å². The third kappa shape index (κ3) is 4.08. The van der Waals surface area contributed by atoms with Gasteiger partial charge >= 0.3 is 0 Å². The van der Waals surface area contributed by atoms with Gasteiger partial charge in [-0.15, -0.1) is 0 Å². The van der Waals surface area contributed by atoms with E-state index in [1.54, 1.807) is 0 Å². The molecule has 1 unspecified atom stereocenters. The van der Waals surface area contributed by atoms with E-state index in [-0.39, 0.29) is 30.0 Å². The van der Waals surface area contributed by atoms with Crippen LogP contribution in [0.1, 0.15) is 11.6 Å². The summed E-state index contributed by atoms with van der Waals surface area (Å²) in [5.74, 6) is 0.298. The molecule has 6 nitrogen and oxygen atoms in total. The van der Waals surface area contributed by atoms with Gasteiger partial charge in [-0.25, -0.2) is 8.42 Å². The van der Waals surface area contributed by atoms with Gasteiger partial charge in [0.25, 0.3) is 0 Å². The van der Waals surface area contributed by atoms with Crippen LogP contribution in [-0.4, -0.2) is 74.9 Å². The van der Waals surface area contributed by atoms with Gasteiger partial charge in [0.2, 0.25) is 5.91 Å². The highest BCUT2D eigenvalue weighted by Crippen LogP contribution is 2.28. The highest BCUT2D eigenvalue weighted by Gasteiger charge is 2.31. The van der Waals surface area contributed by atoms with Crippen LogP contribution in [0.2, 0.25) is 5.02 Å². The Morgan fingerprint density at radius 2 is 1.92 bits per heavy atom. The average molecular weight is 372 g/mol. The molecule has 2 fully saturated rings. The molecule has 2 saturated heterocycles. The molecule has 1 aromatic rings. The Balaban J connectivity index is 1.69. The van der Waals surface area contributed by atoms with Crippen LogP contribution in [0.4, 0.5) is 0 Å². The van der Waals surface area contributed by atoms with Crippen LogP contribution in [-0.2, 0) is 14.6 Å². The van der Waals surface area contributed by atoms with Crippen molar-refractivity contribution in [2.45, 2.75) is 6.04 Å². The van der Waals surface area contributed by atoms with Gasteiger partial charge in [0.15, 0.2) is 9.84 Å². The molecule has 8 heteroatoms. The highest BCUT2D eigenvalue weighted by atomic mass is 35.5. The number of carbonyl (C=O) groups excluding carboxylic acids is 1. The smallest absolute Gasteiger partial charge is 0.237 e. The van der Waals surface area contributed by atoms with Crippen LogP contribution < -0.4 is 5.32 Å². The maximum atomic E-state index is 12.8. The summed E-state index contributed by atoms with van der Waals surface area (Å²) < 4.78 is 23.0. The molecular weight excluding hydrogens is 350 g/mol. The predicted molar refractivity (Wildman–Crippen MR) is 93.9 cm³/mol. The van der Waals surface area contributed by atoms with E-state index >= 15 is 0 Å². The zero-order valence-corrected chi connectivity index (χ0v) is 15.0. The number of amides is 1. The van der Waals surface area contributed by atoms with E-state index in [1.165, 1.54) is 0 Å². The molecule has 1 N–H and O–H groups in total. The molecule has 132 valence electrons. The normalized spacial score (nSPS) is 24.7. The van der Waals surface area contributed by atoms with Crippen LogP contribution in [0, 0.1) is 0 Å². The number of carbonyl (C=O) groups is 1. The molecule has 0 aromatic heterocycles. The minimum absolute atomic E-state index is 0.0284. The molecule has 2 aliphatic rings. The Bertz CT molecular complexity index is 696. The molecular formula is C16H22ClN3O3S. The van der Waals surface area contributed by atoms with E-state index in [0.29, 0.717) is 31.2 Å². The van der Waals surface area contributed by atoms with Crippen molar-refractivity contribution in [2.24, 2.45) is 0 Å². The first kappa shape index (κ1) is 17.7. The van der Waals surface area contributed by atoms with Gasteiger partial charge in [0.1, 0.15) is 0 Å². The van der Waals surface area contributed by atoms with Gasteiger partial charge in [-0.2, -0.15) is 0 Å². The van der Waals surface area contributed by atoms with Gasteiger partial charge in [-0.05, 0) is 11.6 Å². The first-order chi connectivity index (χ1) is 11.5. The zero-order chi connectivity index (χ0) is 17.2. The standard InChI is InChI=1S/C16H22ClN3O3S/c17-14-4-2-1-3-13(14)15-11-18-5-6-20(15)16(21)12-19-7-9-24(22,23)10-8-19/h1-4,15,18H,5-12H2. The van der Waals surface area contributed by atoms with Crippen molar-refractivity contribution < 1.29 is 13.2 Å². The summed E-state index contributed by atoms with van der Waals surface area (Å²) in [5.41, 5.74) is 0.945. The van der Waals surface area contributed by atoms with Gasteiger partial charge in [0, 0.05) is 37.7 Å². The molecule has 0 aliphatic carbocycles. The largest absolute Gasteiger partial charge is 0.332 e. The second-order valence-electron chi connectivity index (χ2n) is 6.26. The van der Waals surface area contributed by atoms with Gasteiger partial charge < -0.3 is 10.2 Å². The van der Waals surface area contributed by atoms with Crippen molar-refractivity contribution in [2.75, 3.05) is 50.8 Å². The third-order valence-corrected chi connectivity index (χ3v) is 6.58. The van der Waals surface area contributed by atoms with Crippen molar-refractivity contribution in [3.8, 4) is 0 Å². The Morgan fingerprint density at radius 3 is 2.62 bits per heavy atom. The molecule has 1 amide bonds. The molecule has 24 heavy (non-hydrogen) atoms. The maximum absolute atomic E-state index is 12.8. The number of sulfone groups is 1. The summed E-state index contributed by atoms with van der Waals surface area (Å²) in [7, 11) is -2.93. The van der Waals surface area contributed by atoms with Gasteiger partial charge in [0.05, 0.1) is 24.1 Å². The summed E-state index contributed by atoms with van der Waals surface area (Å²) in [5, 5.41) is 3.97. The Labute approximate surface area is 147 Å². The van der Waals surface area contributed by atoms with Crippen molar-refractivity contribution in [1.82, 2.24) is 15.1 Å². The summed E-state index contributed by atoms with van der Waals surface area (Å²) >= 11 is 6.31. The van der Waals surface area contributed by atoms with Crippen LogP contribution in [0.25, 0.3) is 0 Å². The second kappa shape index (κ2) is 7.39. The number of hydrogen-bond acceptors (Lipinski definition) is 5. The summed E-state index contributed by atoms with van der Waals surface area (Å²) in [6.07, 6.45) is 0. The van der Waals surface area contributed by atoms with Crippen molar-refractivity contribution in [1.29, 1.82) is 0 Å². The van der Waals surface area contributed by atoms with Crippen LogP contribution in [0.3, 0.4) is 0 Å². The van der Waals surface area contributed by atoms with Crippen LogP contribution >= 0.6 is 11.6 Å². The summed E-state index contributed by atoms with van der Waals surface area (Å²) in [6, 6.07) is 7.50. The molecule has 0 saturated carbocycles. The molecule has 0 bridgehead atoms. The molecule has 2 heterocycles. The monoisotopic (exact) mass is 371 g/mol. The maximum Gasteiger partial charge on any atom is 0.237 e. The highest BCUT2D eigenvalue weighted by molar-refractivity contribution is 7.91.